The number of nitrogens with zero attached hydrogens (tertiary/aromatic N) is 1. The van der Waals surface area contributed by atoms with Crippen LogP contribution in [0.3, 0.4) is 0 Å². The molecule has 184 valence electrons. The number of hydrogen-bond acceptors (Lipinski definition) is 1. The van der Waals surface area contributed by atoms with Gasteiger partial charge in [-0.1, -0.05) is 113 Å². The molecule has 1 aliphatic carbocycles. The van der Waals surface area contributed by atoms with E-state index in [2.05, 4.69) is 130 Å². The second-order valence-electron chi connectivity index (χ2n) is 11.4. The standard InChI is InChI=1S/C37H31N/c1-23(2)25-14-16-27-28-17-15-26(21-34(28)37(3,4)33(27)20-25)36-30-13-9-8-12-29(30)35(24-10-6-5-7-11-24)31-18-19-38-22-32(31)36/h5-23H,1-4H3. The van der Waals surface area contributed by atoms with Crippen molar-refractivity contribution in [1.82, 2.24) is 4.98 Å². The molecule has 1 aromatic heterocycles. The molecule has 0 radical (unpaired) electrons. The molecule has 0 saturated heterocycles. The Morgan fingerprint density at radius 3 is 1.89 bits per heavy atom. The molecule has 38 heavy (non-hydrogen) atoms. The molecule has 5 aromatic carbocycles. The lowest BCUT2D eigenvalue weighted by Gasteiger charge is -2.23. The van der Waals surface area contributed by atoms with Crippen LogP contribution in [0.1, 0.15) is 50.3 Å². The molecule has 7 rings (SSSR count). The van der Waals surface area contributed by atoms with Gasteiger partial charge >= 0.3 is 0 Å². The summed E-state index contributed by atoms with van der Waals surface area (Å²) < 4.78 is 0. The number of pyridine rings is 1. The third-order valence-corrected chi connectivity index (χ3v) is 8.54. The summed E-state index contributed by atoms with van der Waals surface area (Å²) in [4.78, 5) is 4.60. The summed E-state index contributed by atoms with van der Waals surface area (Å²) in [5.41, 5.74) is 11.9. The lowest BCUT2D eigenvalue weighted by atomic mass is 9.80. The maximum atomic E-state index is 4.60. The minimum atomic E-state index is -0.0561. The van der Waals surface area contributed by atoms with Gasteiger partial charge in [-0.05, 0) is 84.3 Å². The highest BCUT2D eigenvalue weighted by molar-refractivity contribution is 6.21. The van der Waals surface area contributed by atoms with Crippen molar-refractivity contribution in [2.24, 2.45) is 0 Å². The van der Waals surface area contributed by atoms with Crippen molar-refractivity contribution < 1.29 is 0 Å². The number of aromatic nitrogens is 1. The first kappa shape index (κ1) is 22.9. The van der Waals surface area contributed by atoms with Crippen LogP contribution in [-0.4, -0.2) is 4.98 Å². The SMILES string of the molecule is CC(C)c1ccc2c(c1)C(C)(C)c1cc(-c3c4ccccc4c(-c4ccccc4)c4ccncc34)ccc1-2. The van der Waals surface area contributed by atoms with Gasteiger partial charge in [0.15, 0.2) is 0 Å². The van der Waals surface area contributed by atoms with Crippen LogP contribution in [0.25, 0.3) is 54.9 Å². The average Bonchev–Trinajstić information content (AvgIpc) is 3.17. The van der Waals surface area contributed by atoms with Crippen molar-refractivity contribution in [3.05, 3.63) is 126 Å². The number of benzene rings is 5. The van der Waals surface area contributed by atoms with E-state index in [0.717, 1.165) is 0 Å². The van der Waals surface area contributed by atoms with Gasteiger partial charge in [-0.25, -0.2) is 0 Å². The Labute approximate surface area is 224 Å². The van der Waals surface area contributed by atoms with Crippen LogP contribution in [0.2, 0.25) is 0 Å². The highest BCUT2D eigenvalue weighted by Gasteiger charge is 2.36. The first-order valence-corrected chi connectivity index (χ1v) is 13.6. The maximum Gasteiger partial charge on any atom is 0.0353 e. The molecule has 0 aliphatic heterocycles. The fraction of sp³-hybridized carbons (Fsp3) is 0.162. The van der Waals surface area contributed by atoms with E-state index < -0.39 is 0 Å². The van der Waals surface area contributed by atoms with Crippen molar-refractivity contribution in [3.63, 3.8) is 0 Å². The fourth-order valence-corrected chi connectivity index (χ4v) is 6.52. The molecule has 1 heteroatoms. The number of fused-ring (bicyclic) bond motifs is 5. The van der Waals surface area contributed by atoms with Crippen molar-refractivity contribution in [1.29, 1.82) is 0 Å². The highest BCUT2D eigenvalue weighted by Crippen LogP contribution is 2.51. The maximum absolute atomic E-state index is 4.60. The summed E-state index contributed by atoms with van der Waals surface area (Å²) in [6.45, 7) is 9.31. The Hall–Kier alpha value is -4.23. The molecule has 0 bridgehead atoms. The van der Waals surface area contributed by atoms with Gasteiger partial charge in [0.25, 0.3) is 0 Å². The lowest BCUT2D eigenvalue weighted by Crippen LogP contribution is -2.15. The number of rotatable bonds is 3. The van der Waals surface area contributed by atoms with Crippen LogP contribution >= 0.6 is 0 Å². The van der Waals surface area contributed by atoms with Crippen LogP contribution in [0, 0.1) is 0 Å². The Balaban J connectivity index is 1.52. The number of hydrogen-bond donors (Lipinski definition) is 0. The molecule has 0 amide bonds. The van der Waals surface area contributed by atoms with E-state index in [1.54, 1.807) is 0 Å². The van der Waals surface area contributed by atoms with Crippen molar-refractivity contribution in [2.75, 3.05) is 0 Å². The smallest absolute Gasteiger partial charge is 0.0353 e. The predicted molar refractivity (Wildman–Crippen MR) is 162 cm³/mol. The normalized spacial score (nSPS) is 13.7. The molecule has 0 spiro atoms. The lowest BCUT2D eigenvalue weighted by molar-refractivity contribution is 0.658. The summed E-state index contributed by atoms with van der Waals surface area (Å²) in [6.07, 6.45) is 3.97. The molecule has 1 heterocycles. The van der Waals surface area contributed by atoms with Gasteiger partial charge in [-0.15, -0.1) is 0 Å². The molecular formula is C37H31N. The van der Waals surface area contributed by atoms with Crippen LogP contribution in [0.4, 0.5) is 0 Å². The Kier molecular flexibility index (Phi) is 5.07. The molecule has 0 saturated carbocycles. The zero-order chi connectivity index (χ0) is 26.0. The Bertz CT molecular complexity index is 1800. The molecule has 0 fully saturated rings. The van der Waals surface area contributed by atoms with E-state index in [-0.39, 0.29) is 5.41 Å². The van der Waals surface area contributed by atoms with Gasteiger partial charge in [-0.2, -0.15) is 0 Å². The summed E-state index contributed by atoms with van der Waals surface area (Å²) in [5.74, 6) is 0.517. The molecule has 1 aliphatic rings. The van der Waals surface area contributed by atoms with Crippen LogP contribution in [0.15, 0.2) is 109 Å². The minimum absolute atomic E-state index is 0.0561. The molecule has 0 unspecified atom stereocenters. The summed E-state index contributed by atoms with van der Waals surface area (Å²) in [6, 6.07) is 35.9. The quantitative estimate of drug-likeness (QED) is 0.225. The van der Waals surface area contributed by atoms with E-state index in [9.17, 15) is 0 Å². The van der Waals surface area contributed by atoms with Gasteiger partial charge in [0.05, 0.1) is 0 Å². The summed E-state index contributed by atoms with van der Waals surface area (Å²) >= 11 is 0. The average molecular weight is 490 g/mol. The topological polar surface area (TPSA) is 12.9 Å². The third kappa shape index (κ3) is 3.28. The molecule has 6 aromatic rings. The first-order valence-electron chi connectivity index (χ1n) is 13.6. The van der Waals surface area contributed by atoms with Crippen molar-refractivity contribution in [2.45, 2.75) is 39.0 Å². The van der Waals surface area contributed by atoms with Crippen LogP contribution in [-0.2, 0) is 5.41 Å². The van der Waals surface area contributed by atoms with Gasteiger partial charge < -0.3 is 0 Å². The minimum Gasteiger partial charge on any atom is -0.264 e. The summed E-state index contributed by atoms with van der Waals surface area (Å²) in [7, 11) is 0. The Morgan fingerprint density at radius 2 is 1.18 bits per heavy atom. The van der Waals surface area contributed by atoms with Gasteiger partial charge in [0.1, 0.15) is 0 Å². The van der Waals surface area contributed by atoms with Gasteiger partial charge in [-0.3, -0.25) is 4.98 Å². The zero-order valence-corrected chi connectivity index (χ0v) is 22.4. The van der Waals surface area contributed by atoms with E-state index in [1.165, 1.54) is 71.6 Å². The fourth-order valence-electron chi connectivity index (χ4n) is 6.52. The second kappa shape index (κ2) is 8.39. The zero-order valence-electron chi connectivity index (χ0n) is 22.4. The molecular weight excluding hydrogens is 458 g/mol. The van der Waals surface area contributed by atoms with Gasteiger partial charge in [0.2, 0.25) is 0 Å². The molecule has 0 N–H and O–H groups in total. The van der Waals surface area contributed by atoms with Crippen molar-refractivity contribution in [3.8, 4) is 33.4 Å². The van der Waals surface area contributed by atoms with E-state index in [0.29, 0.717) is 5.92 Å². The predicted octanol–water partition coefficient (Wildman–Crippen LogP) is 10.2. The molecule has 0 atom stereocenters. The first-order chi connectivity index (χ1) is 18.4. The molecule has 1 nitrogen and oxygen atoms in total. The van der Waals surface area contributed by atoms with E-state index in [4.69, 9.17) is 0 Å². The highest BCUT2D eigenvalue weighted by atomic mass is 14.6. The monoisotopic (exact) mass is 489 g/mol. The third-order valence-electron chi connectivity index (χ3n) is 8.54. The second-order valence-corrected chi connectivity index (χ2v) is 11.4. The summed E-state index contributed by atoms with van der Waals surface area (Å²) in [5, 5.41) is 4.98. The van der Waals surface area contributed by atoms with E-state index >= 15 is 0 Å². The Morgan fingerprint density at radius 1 is 0.579 bits per heavy atom. The largest absolute Gasteiger partial charge is 0.264 e. The van der Waals surface area contributed by atoms with Crippen LogP contribution in [0.5, 0.6) is 0 Å². The van der Waals surface area contributed by atoms with Crippen molar-refractivity contribution >= 4 is 21.5 Å². The van der Waals surface area contributed by atoms with E-state index in [1.807, 2.05) is 12.4 Å². The van der Waals surface area contributed by atoms with Crippen LogP contribution < -0.4 is 0 Å². The van der Waals surface area contributed by atoms with Gasteiger partial charge in [0, 0.05) is 23.2 Å².